The zero-order valence-electron chi connectivity index (χ0n) is 15.5. The van der Waals surface area contributed by atoms with Crippen LogP contribution in [-0.4, -0.2) is 27.4 Å². The molecule has 7 nitrogen and oxygen atoms in total. The molecular formula is C21H18N2O5S. The van der Waals surface area contributed by atoms with Crippen molar-refractivity contribution in [3.05, 3.63) is 90.0 Å². The highest BCUT2D eigenvalue weighted by molar-refractivity contribution is 7.92. The Morgan fingerprint density at radius 1 is 0.759 bits per heavy atom. The molecule has 0 spiro atoms. The molecule has 0 heterocycles. The molecule has 0 unspecified atom stereocenters. The summed E-state index contributed by atoms with van der Waals surface area (Å²) in [6.07, 6.45) is 0. The summed E-state index contributed by atoms with van der Waals surface area (Å²) >= 11 is 0. The number of hydrogen-bond donors (Lipinski definition) is 2. The molecule has 0 fully saturated rings. The molecule has 0 aliphatic carbocycles. The zero-order chi connectivity index (χ0) is 20.9. The maximum atomic E-state index is 12.8. The van der Waals surface area contributed by atoms with Gasteiger partial charge in [-0.3, -0.25) is 9.52 Å². The minimum atomic E-state index is -3.87. The number of benzene rings is 3. The highest BCUT2D eigenvalue weighted by atomic mass is 32.2. The third kappa shape index (κ3) is 4.61. The van der Waals surface area contributed by atoms with E-state index in [4.69, 9.17) is 4.74 Å². The predicted octanol–water partition coefficient (Wildman–Crippen LogP) is 3.53. The molecule has 2 N–H and O–H groups in total. The molecular weight excluding hydrogens is 392 g/mol. The van der Waals surface area contributed by atoms with Crippen molar-refractivity contribution in [3.8, 4) is 0 Å². The van der Waals surface area contributed by atoms with Gasteiger partial charge in [0.05, 0.1) is 34.5 Å². The van der Waals surface area contributed by atoms with Crippen molar-refractivity contribution in [1.82, 2.24) is 0 Å². The van der Waals surface area contributed by atoms with Gasteiger partial charge < -0.3 is 10.1 Å². The number of sulfonamides is 1. The molecule has 0 saturated heterocycles. The van der Waals surface area contributed by atoms with Crippen LogP contribution in [0.15, 0.2) is 83.8 Å². The van der Waals surface area contributed by atoms with Gasteiger partial charge in [-0.25, -0.2) is 13.2 Å². The number of rotatable bonds is 6. The van der Waals surface area contributed by atoms with Crippen molar-refractivity contribution in [1.29, 1.82) is 0 Å². The van der Waals surface area contributed by atoms with E-state index in [1.807, 2.05) is 0 Å². The maximum Gasteiger partial charge on any atom is 0.339 e. The number of amides is 1. The lowest BCUT2D eigenvalue weighted by Crippen LogP contribution is -2.19. The first-order valence-electron chi connectivity index (χ1n) is 8.58. The van der Waals surface area contributed by atoms with Crippen molar-refractivity contribution in [3.63, 3.8) is 0 Å². The van der Waals surface area contributed by atoms with Crippen molar-refractivity contribution in [2.75, 3.05) is 17.1 Å². The van der Waals surface area contributed by atoms with E-state index in [0.717, 1.165) is 0 Å². The van der Waals surface area contributed by atoms with Crippen LogP contribution in [0.5, 0.6) is 0 Å². The van der Waals surface area contributed by atoms with Gasteiger partial charge in [0.2, 0.25) is 0 Å². The second-order valence-electron chi connectivity index (χ2n) is 5.96. The van der Waals surface area contributed by atoms with E-state index < -0.39 is 21.9 Å². The summed E-state index contributed by atoms with van der Waals surface area (Å²) in [6.45, 7) is 0. The smallest absolute Gasteiger partial charge is 0.339 e. The van der Waals surface area contributed by atoms with Crippen LogP contribution in [-0.2, 0) is 14.8 Å². The fraction of sp³-hybridized carbons (Fsp3) is 0.0476. The van der Waals surface area contributed by atoms with E-state index in [0.29, 0.717) is 0 Å². The first-order chi connectivity index (χ1) is 13.9. The maximum absolute atomic E-state index is 12.8. The van der Waals surface area contributed by atoms with E-state index in [1.54, 1.807) is 48.5 Å². The normalized spacial score (nSPS) is 10.8. The van der Waals surface area contributed by atoms with Crippen molar-refractivity contribution in [2.45, 2.75) is 4.90 Å². The summed E-state index contributed by atoms with van der Waals surface area (Å²) in [5.41, 5.74) is 0.659. The molecule has 3 aromatic rings. The van der Waals surface area contributed by atoms with Crippen molar-refractivity contribution >= 4 is 33.3 Å². The predicted molar refractivity (Wildman–Crippen MR) is 109 cm³/mol. The lowest BCUT2D eigenvalue weighted by atomic mass is 10.1. The zero-order valence-corrected chi connectivity index (χ0v) is 16.3. The number of carbonyl (C=O) groups is 2. The number of carbonyl (C=O) groups excluding carboxylic acids is 2. The number of hydrogen-bond acceptors (Lipinski definition) is 5. The third-order valence-electron chi connectivity index (χ3n) is 4.05. The van der Waals surface area contributed by atoms with Crippen LogP contribution in [0.25, 0.3) is 0 Å². The Morgan fingerprint density at radius 3 is 1.97 bits per heavy atom. The van der Waals surface area contributed by atoms with Gasteiger partial charge in [0.25, 0.3) is 15.9 Å². The van der Waals surface area contributed by atoms with Gasteiger partial charge in [-0.2, -0.15) is 0 Å². The van der Waals surface area contributed by atoms with Crippen LogP contribution in [0.1, 0.15) is 20.7 Å². The summed E-state index contributed by atoms with van der Waals surface area (Å²) in [6, 6.07) is 20.4. The molecule has 3 aromatic carbocycles. The van der Waals surface area contributed by atoms with E-state index >= 15 is 0 Å². The molecule has 0 radical (unpaired) electrons. The largest absolute Gasteiger partial charge is 0.465 e. The van der Waals surface area contributed by atoms with Gasteiger partial charge in [-0.1, -0.05) is 42.5 Å². The highest BCUT2D eigenvalue weighted by Gasteiger charge is 2.20. The molecule has 29 heavy (non-hydrogen) atoms. The Labute approximate surface area is 168 Å². The van der Waals surface area contributed by atoms with Crippen LogP contribution in [0.4, 0.5) is 11.4 Å². The molecule has 0 bridgehead atoms. The van der Waals surface area contributed by atoms with Gasteiger partial charge in [0.1, 0.15) is 0 Å². The van der Waals surface area contributed by atoms with Gasteiger partial charge in [0, 0.05) is 0 Å². The SMILES string of the molecule is COC(=O)c1ccccc1NC(=O)c1ccccc1NS(=O)(=O)c1ccccc1. The van der Waals surface area contributed by atoms with Gasteiger partial charge >= 0.3 is 5.97 Å². The first-order valence-corrected chi connectivity index (χ1v) is 10.1. The molecule has 0 aliphatic heterocycles. The Bertz CT molecular complexity index is 1140. The molecule has 1 amide bonds. The quantitative estimate of drug-likeness (QED) is 0.606. The fourth-order valence-electron chi connectivity index (χ4n) is 2.64. The summed E-state index contributed by atoms with van der Waals surface area (Å²) in [5.74, 6) is -1.17. The number of esters is 1. The number of methoxy groups -OCH3 is 1. The monoisotopic (exact) mass is 410 g/mol. The molecule has 0 atom stereocenters. The number of nitrogens with one attached hydrogen (secondary N) is 2. The highest BCUT2D eigenvalue weighted by Crippen LogP contribution is 2.23. The molecule has 0 aromatic heterocycles. The molecule has 148 valence electrons. The van der Waals surface area contributed by atoms with Crippen molar-refractivity contribution in [2.24, 2.45) is 0 Å². The summed E-state index contributed by atoms with van der Waals surface area (Å²) in [5, 5.41) is 2.63. The Morgan fingerprint density at radius 2 is 1.31 bits per heavy atom. The fourth-order valence-corrected chi connectivity index (χ4v) is 3.74. The Kier molecular flexibility index (Phi) is 5.94. The molecule has 3 rings (SSSR count). The van der Waals surface area contributed by atoms with Crippen LogP contribution >= 0.6 is 0 Å². The summed E-state index contributed by atoms with van der Waals surface area (Å²) in [7, 11) is -2.63. The summed E-state index contributed by atoms with van der Waals surface area (Å²) in [4.78, 5) is 24.8. The standard InChI is InChI=1S/C21H18N2O5S/c1-28-21(25)17-12-6-7-13-18(17)22-20(24)16-11-5-8-14-19(16)23-29(26,27)15-9-3-2-4-10-15/h2-14,23H,1H3,(H,22,24). The lowest BCUT2D eigenvalue weighted by molar-refractivity contribution is 0.0602. The third-order valence-corrected chi connectivity index (χ3v) is 5.43. The second kappa shape index (κ2) is 8.57. The second-order valence-corrected chi connectivity index (χ2v) is 7.64. The van der Waals surface area contributed by atoms with Crippen LogP contribution in [0, 0.1) is 0 Å². The van der Waals surface area contributed by atoms with E-state index in [9.17, 15) is 18.0 Å². The van der Waals surface area contributed by atoms with E-state index in [2.05, 4.69) is 10.0 Å². The van der Waals surface area contributed by atoms with Crippen LogP contribution in [0.3, 0.4) is 0 Å². The van der Waals surface area contributed by atoms with Gasteiger partial charge in [0.15, 0.2) is 0 Å². The Hall–Kier alpha value is -3.65. The van der Waals surface area contributed by atoms with E-state index in [-0.39, 0.29) is 27.4 Å². The minimum absolute atomic E-state index is 0.0752. The average molecular weight is 410 g/mol. The van der Waals surface area contributed by atoms with E-state index in [1.165, 1.54) is 37.4 Å². The number of para-hydroxylation sites is 2. The topological polar surface area (TPSA) is 102 Å². The number of ether oxygens (including phenoxy) is 1. The van der Waals surface area contributed by atoms with Gasteiger partial charge in [-0.15, -0.1) is 0 Å². The number of anilines is 2. The Balaban J connectivity index is 1.90. The van der Waals surface area contributed by atoms with Gasteiger partial charge in [-0.05, 0) is 36.4 Å². The van der Waals surface area contributed by atoms with Crippen LogP contribution in [0.2, 0.25) is 0 Å². The molecule has 8 heteroatoms. The lowest BCUT2D eigenvalue weighted by Gasteiger charge is -2.14. The molecule has 0 aliphatic rings. The average Bonchev–Trinajstić information content (AvgIpc) is 2.74. The summed E-state index contributed by atoms with van der Waals surface area (Å²) < 4.78 is 32.4. The minimum Gasteiger partial charge on any atom is -0.465 e. The first kappa shape index (κ1) is 20.1. The van der Waals surface area contributed by atoms with Crippen LogP contribution < -0.4 is 10.0 Å². The molecule has 0 saturated carbocycles. The van der Waals surface area contributed by atoms with Crippen molar-refractivity contribution < 1.29 is 22.7 Å².